The first-order valence-corrected chi connectivity index (χ1v) is 10.7. The zero-order valence-corrected chi connectivity index (χ0v) is 18.0. The van der Waals surface area contributed by atoms with Crippen LogP contribution in [0.3, 0.4) is 0 Å². The lowest BCUT2D eigenvalue weighted by atomic mass is 10.0. The summed E-state index contributed by atoms with van der Waals surface area (Å²) < 4.78 is 38.8. The van der Waals surface area contributed by atoms with Gasteiger partial charge in [0.25, 0.3) is 0 Å². The van der Waals surface area contributed by atoms with E-state index in [0.29, 0.717) is 49.2 Å². The van der Waals surface area contributed by atoms with Crippen LogP contribution < -0.4 is 15.2 Å². The highest BCUT2D eigenvalue weighted by molar-refractivity contribution is 6.30. The van der Waals surface area contributed by atoms with E-state index in [9.17, 15) is 18.7 Å². The molecule has 3 N–H and O–H groups in total. The van der Waals surface area contributed by atoms with E-state index in [-0.39, 0.29) is 12.2 Å². The number of carbonyl (C=O) groups is 1. The molecule has 0 aliphatic carbocycles. The number of aliphatic hydroxyl groups is 1. The number of carbonyl (C=O) groups excluding carboxylic acids is 1. The largest absolute Gasteiger partial charge is 0.486 e. The summed E-state index contributed by atoms with van der Waals surface area (Å²) in [5, 5.41) is 11.2. The van der Waals surface area contributed by atoms with E-state index in [1.807, 2.05) is 4.90 Å². The minimum absolute atomic E-state index is 0.190. The maximum Gasteiger partial charge on any atom is 0.239 e. The number of halogens is 3. The maximum atomic E-state index is 13.6. The van der Waals surface area contributed by atoms with E-state index in [1.165, 1.54) is 0 Å². The van der Waals surface area contributed by atoms with Gasteiger partial charge in [-0.3, -0.25) is 14.6 Å². The highest BCUT2D eigenvalue weighted by atomic mass is 35.5. The molecule has 2 aliphatic heterocycles. The lowest BCUT2D eigenvalue weighted by Gasteiger charge is -2.39. The van der Waals surface area contributed by atoms with Gasteiger partial charge in [-0.25, -0.2) is 8.78 Å². The normalized spacial score (nSPS) is 21.2. The zero-order valence-electron chi connectivity index (χ0n) is 17.2. The van der Waals surface area contributed by atoms with Gasteiger partial charge in [-0.15, -0.1) is 0 Å². The van der Waals surface area contributed by atoms with Crippen molar-refractivity contribution in [2.24, 2.45) is 5.73 Å². The van der Waals surface area contributed by atoms with Gasteiger partial charge in [0.15, 0.2) is 17.6 Å². The van der Waals surface area contributed by atoms with Crippen LogP contribution in [-0.2, 0) is 4.79 Å². The Morgan fingerprint density at radius 3 is 2.47 bits per heavy atom. The van der Waals surface area contributed by atoms with Crippen molar-refractivity contribution in [2.45, 2.75) is 18.2 Å². The molecule has 3 atom stereocenters. The number of amides is 1. The molecular formula is C22H24ClF2N3O4. The topological polar surface area (TPSA) is 88.3 Å². The molecule has 3 unspecified atom stereocenters. The molecule has 2 aliphatic rings. The smallest absolute Gasteiger partial charge is 0.239 e. The summed E-state index contributed by atoms with van der Waals surface area (Å²) in [6.07, 6.45) is -1.33. The number of rotatable bonds is 6. The SMILES string of the molecule is NC(=O)C(c1cc(F)cc(F)c1)N1CCN(CC(O)C2COc3cc(Cl)ccc3O2)CC1. The summed E-state index contributed by atoms with van der Waals surface area (Å²) in [7, 11) is 0. The molecule has 2 aromatic rings. The summed E-state index contributed by atoms with van der Waals surface area (Å²) >= 11 is 5.95. The Hall–Kier alpha value is -2.46. The van der Waals surface area contributed by atoms with E-state index in [1.54, 1.807) is 23.1 Å². The van der Waals surface area contributed by atoms with Gasteiger partial charge < -0.3 is 20.3 Å². The van der Waals surface area contributed by atoms with Crippen LogP contribution >= 0.6 is 11.6 Å². The molecule has 0 saturated carbocycles. The van der Waals surface area contributed by atoms with Crippen molar-refractivity contribution in [3.63, 3.8) is 0 Å². The fraction of sp³-hybridized carbons (Fsp3) is 0.409. The molecule has 1 fully saturated rings. The van der Waals surface area contributed by atoms with Gasteiger partial charge in [-0.05, 0) is 29.8 Å². The summed E-state index contributed by atoms with van der Waals surface area (Å²) in [5.74, 6) is -1.12. The number of piperazine rings is 1. The van der Waals surface area contributed by atoms with Crippen LogP contribution in [-0.4, -0.2) is 72.4 Å². The average Bonchev–Trinajstić information content (AvgIpc) is 2.74. The quantitative estimate of drug-likeness (QED) is 0.675. The van der Waals surface area contributed by atoms with Crippen molar-refractivity contribution >= 4 is 17.5 Å². The monoisotopic (exact) mass is 467 g/mol. The molecule has 0 bridgehead atoms. The van der Waals surface area contributed by atoms with Crippen LogP contribution in [0.2, 0.25) is 5.02 Å². The Morgan fingerprint density at radius 2 is 1.81 bits per heavy atom. The average molecular weight is 468 g/mol. The van der Waals surface area contributed by atoms with Gasteiger partial charge in [0.05, 0.1) is 0 Å². The fourth-order valence-corrected chi connectivity index (χ4v) is 4.29. The van der Waals surface area contributed by atoms with Crippen molar-refractivity contribution in [3.05, 3.63) is 58.6 Å². The Morgan fingerprint density at radius 1 is 1.12 bits per heavy atom. The molecule has 7 nitrogen and oxygen atoms in total. The predicted octanol–water partition coefficient (Wildman–Crippen LogP) is 1.96. The third-order valence-electron chi connectivity index (χ3n) is 5.70. The van der Waals surface area contributed by atoms with Gasteiger partial charge in [0.1, 0.15) is 30.4 Å². The Bertz CT molecular complexity index is 967. The zero-order chi connectivity index (χ0) is 22.8. The van der Waals surface area contributed by atoms with Gasteiger partial charge in [0.2, 0.25) is 5.91 Å². The lowest BCUT2D eigenvalue weighted by Crippen LogP contribution is -2.54. The fourth-order valence-electron chi connectivity index (χ4n) is 4.12. The van der Waals surface area contributed by atoms with E-state index in [2.05, 4.69) is 0 Å². The molecular weight excluding hydrogens is 444 g/mol. The van der Waals surface area contributed by atoms with Crippen molar-refractivity contribution in [2.75, 3.05) is 39.3 Å². The van der Waals surface area contributed by atoms with Crippen LogP contribution in [0, 0.1) is 11.6 Å². The standard InChI is InChI=1S/C22H24ClF2N3O4/c23-14-1-2-18-19(9-14)31-12-20(32-18)17(29)11-27-3-5-28(6-4-27)21(22(26)30)13-7-15(24)10-16(25)8-13/h1-2,7-10,17,20-21,29H,3-6,11-12H2,(H2,26,30). The summed E-state index contributed by atoms with van der Waals surface area (Å²) in [6.45, 7) is 2.52. The third-order valence-corrected chi connectivity index (χ3v) is 5.94. The molecule has 0 aromatic heterocycles. The van der Waals surface area contributed by atoms with Crippen LogP contribution in [0.15, 0.2) is 36.4 Å². The Balaban J connectivity index is 1.34. The van der Waals surface area contributed by atoms with Crippen LogP contribution in [0.5, 0.6) is 11.5 Å². The molecule has 2 heterocycles. The van der Waals surface area contributed by atoms with Crippen molar-refractivity contribution < 1.29 is 28.2 Å². The van der Waals surface area contributed by atoms with Crippen LogP contribution in [0.25, 0.3) is 0 Å². The first-order valence-electron chi connectivity index (χ1n) is 10.3. The third kappa shape index (κ3) is 5.12. The van der Waals surface area contributed by atoms with E-state index >= 15 is 0 Å². The number of primary amides is 1. The molecule has 0 spiro atoms. The molecule has 1 amide bonds. The van der Waals surface area contributed by atoms with Gasteiger partial charge in [-0.1, -0.05) is 11.6 Å². The number of β-amino-alcohol motifs (C(OH)–C–C–N with tert-alkyl or cyclic N) is 1. The Kier molecular flexibility index (Phi) is 6.80. The summed E-state index contributed by atoms with van der Waals surface area (Å²) in [6, 6.07) is 7.14. The lowest BCUT2D eigenvalue weighted by molar-refractivity contribution is -0.124. The van der Waals surface area contributed by atoms with Gasteiger partial charge in [0, 0.05) is 49.9 Å². The second-order valence-electron chi connectivity index (χ2n) is 7.97. The van der Waals surface area contributed by atoms with Crippen molar-refractivity contribution in [1.82, 2.24) is 9.80 Å². The highest BCUT2D eigenvalue weighted by Crippen LogP contribution is 2.34. The van der Waals surface area contributed by atoms with Crippen molar-refractivity contribution in [3.8, 4) is 11.5 Å². The number of hydrogen-bond acceptors (Lipinski definition) is 6. The number of benzene rings is 2. The molecule has 172 valence electrons. The Labute approximate surface area is 189 Å². The maximum absolute atomic E-state index is 13.6. The second kappa shape index (κ2) is 9.58. The number of hydrogen-bond donors (Lipinski definition) is 2. The van der Waals surface area contributed by atoms with Gasteiger partial charge >= 0.3 is 0 Å². The summed E-state index contributed by atoms with van der Waals surface area (Å²) in [5.41, 5.74) is 5.73. The van der Waals surface area contributed by atoms with E-state index < -0.39 is 35.8 Å². The number of aliphatic hydroxyl groups excluding tert-OH is 1. The number of ether oxygens (including phenoxy) is 2. The number of nitrogens with two attached hydrogens (primary N) is 1. The van der Waals surface area contributed by atoms with Crippen LogP contribution in [0.4, 0.5) is 8.78 Å². The second-order valence-corrected chi connectivity index (χ2v) is 8.41. The first kappa shape index (κ1) is 22.7. The molecule has 10 heteroatoms. The molecule has 32 heavy (non-hydrogen) atoms. The van der Waals surface area contributed by atoms with Crippen LogP contribution in [0.1, 0.15) is 11.6 Å². The molecule has 2 aromatic carbocycles. The summed E-state index contributed by atoms with van der Waals surface area (Å²) in [4.78, 5) is 15.9. The molecule has 0 radical (unpaired) electrons. The minimum Gasteiger partial charge on any atom is -0.486 e. The number of fused-ring (bicyclic) bond motifs is 1. The predicted molar refractivity (Wildman–Crippen MR) is 114 cm³/mol. The van der Waals surface area contributed by atoms with E-state index in [4.69, 9.17) is 26.8 Å². The highest BCUT2D eigenvalue weighted by Gasteiger charge is 2.33. The first-order chi connectivity index (χ1) is 15.3. The molecule has 1 saturated heterocycles. The van der Waals surface area contributed by atoms with E-state index in [0.717, 1.165) is 18.2 Å². The molecule has 4 rings (SSSR count). The minimum atomic E-state index is -0.925. The van der Waals surface area contributed by atoms with Crippen molar-refractivity contribution in [1.29, 1.82) is 0 Å². The van der Waals surface area contributed by atoms with Gasteiger partial charge in [-0.2, -0.15) is 0 Å². The number of nitrogens with zero attached hydrogens (tertiary/aromatic N) is 2.